The van der Waals surface area contributed by atoms with Crippen molar-refractivity contribution in [1.82, 2.24) is 0 Å². The van der Waals surface area contributed by atoms with E-state index in [1.807, 2.05) is 0 Å². The number of imide groups is 1. The van der Waals surface area contributed by atoms with Gasteiger partial charge in [0.1, 0.15) is 17.8 Å². The number of halogens is 3. The molecule has 2 unspecified atom stereocenters. The number of rotatable bonds is 1. The van der Waals surface area contributed by atoms with Gasteiger partial charge in [-0.3, -0.25) is 9.59 Å². The Morgan fingerprint density at radius 3 is 2.52 bits per heavy atom. The third kappa shape index (κ3) is 2.13. The molecule has 0 radical (unpaired) electrons. The Morgan fingerprint density at radius 1 is 1.26 bits per heavy atom. The minimum Gasteiger partial charge on any atom is -0.388 e. The molecule has 7 nitrogen and oxygen atoms in total. The van der Waals surface area contributed by atoms with Crippen LogP contribution in [0.4, 0.5) is 24.5 Å². The van der Waals surface area contributed by atoms with E-state index in [2.05, 4.69) is 4.85 Å². The largest absolute Gasteiger partial charge is 0.407 e. The second-order valence-electron chi connectivity index (χ2n) is 7.03. The number of carbonyl (C=O) groups is 2. The van der Waals surface area contributed by atoms with Gasteiger partial charge < -0.3 is 14.9 Å². The molecule has 3 saturated heterocycles. The molecular formula is C17H13F3N2O5. The molecule has 0 saturated carbocycles. The highest BCUT2D eigenvalue weighted by Crippen LogP contribution is 2.56. The summed E-state index contributed by atoms with van der Waals surface area (Å²) in [6.07, 6.45) is -8.71. The lowest BCUT2D eigenvalue weighted by Crippen LogP contribution is -2.53. The van der Waals surface area contributed by atoms with Crippen molar-refractivity contribution in [3.8, 4) is 0 Å². The van der Waals surface area contributed by atoms with E-state index in [9.17, 15) is 33.0 Å². The summed E-state index contributed by atoms with van der Waals surface area (Å²) in [5.41, 5.74) is -3.71. The fourth-order valence-corrected chi connectivity index (χ4v) is 4.36. The third-order valence-corrected chi connectivity index (χ3v) is 5.62. The predicted molar refractivity (Wildman–Crippen MR) is 82.5 cm³/mol. The second-order valence-corrected chi connectivity index (χ2v) is 7.03. The molecule has 3 heterocycles. The Morgan fingerprint density at radius 2 is 1.93 bits per heavy atom. The molecule has 0 spiro atoms. The summed E-state index contributed by atoms with van der Waals surface area (Å²) in [5.74, 6) is -3.79. The van der Waals surface area contributed by atoms with Crippen molar-refractivity contribution in [1.29, 1.82) is 0 Å². The Bertz CT molecular complexity index is 911. The average Bonchev–Trinajstić information content (AvgIpc) is 3.14. The summed E-state index contributed by atoms with van der Waals surface area (Å²) in [5, 5.41) is 20.2. The molecular weight excluding hydrogens is 369 g/mol. The van der Waals surface area contributed by atoms with Crippen molar-refractivity contribution in [2.24, 2.45) is 11.8 Å². The highest BCUT2D eigenvalue weighted by Gasteiger charge is 2.74. The van der Waals surface area contributed by atoms with E-state index in [-0.39, 0.29) is 5.69 Å². The Balaban J connectivity index is 1.79. The van der Waals surface area contributed by atoms with Crippen molar-refractivity contribution in [3.63, 3.8) is 0 Å². The van der Waals surface area contributed by atoms with Crippen LogP contribution in [0, 0.1) is 18.4 Å². The van der Waals surface area contributed by atoms with Crippen LogP contribution in [0.2, 0.25) is 0 Å². The van der Waals surface area contributed by atoms with Gasteiger partial charge in [-0.05, 0) is 19.1 Å². The third-order valence-electron chi connectivity index (χ3n) is 5.62. The molecule has 3 aliphatic heterocycles. The monoisotopic (exact) mass is 382 g/mol. The van der Waals surface area contributed by atoms with E-state index in [0.717, 1.165) is 12.1 Å². The van der Waals surface area contributed by atoms with E-state index in [1.165, 1.54) is 6.92 Å². The maximum absolute atomic E-state index is 13.2. The number of anilines is 1. The molecule has 3 fully saturated rings. The number of aliphatic hydroxyl groups is 2. The number of aliphatic hydroxyl groups excluding tert-OH is 2. The first-order valence-corrected chi connectivity index (χ1v) is 8.03. The summed E-state index contributed by atoms with van der Waals surface area (Å²) in [4.78, 5) is 29.1. The van der Waals surface area contributed by atoms with Gasteiger partial charge in [-0.2, -0.15) is 13.2 Å². The van der Waals surface area contributed by atoms with Crippen LogP contribution in [-0.2, 0) is 20.5 Å². The topological polar surface area (TPSA) is 91.4 Å². The number of benzene rings is 1. The minimum absolute atomic E-state index is 0.314. The Hall–Kier alpha value is -2.48. The molecule has 6 atom stereocenters. The van der Waals surface area contributed by atoms with Crippen LogP contribution in [0.5, 0.6) is 0 Å². The Labute approximate surface area is 150 Å². The first kappa shape index (κ1) is 17.9. The number of nitrogens with zero attached hydrogens (tertiary/aromatic N) is 2. The lowest BCUT2D eigenvalue weighted by atomic mass is 9.71. The van der Waals surface area contributed by atoms with Crippen molar-refractivity contribution in [2.75, 3.05) is 4.90 Å². The number of hydrogen-bond acceptors (Lipinski definition) is 5. The fourth-order valence-electron chi connectivity index (χ4n) is 4.36. The first-order valence-electron chi connectivity index (χ1n) is 8.03. The molecule has 0 aromatic heterocycles. The normalized spacial score (nSPS) is 37.7. The van der Waals surface area contributed by atoms with E-state index < -0.39 is 65.0 Å². The van der Waals surface area contributed by atoms with Gasteiger partial charge in [0.2, 0.25) is 11.8 Å². The second kappa shape index (κ2) is 5.28. The van der Waals surface area contributed by atoms with Crippen LogP contribution in [0.25, 0.3) is 4.85 Å². The molecule has 10 heteroatoms. The van der Waals surface area contributed by atoms with Crippen molar-refractivity contribution >= 4 is 23.2 Å². The number of carbonyl (C=O) groups excluding carboxylic acids is 2. The quantitative estimate of drug-likeness (QED) is 0.564. The predicted octanol–water partition coefficient (Wildman–Crippen LogP) is 1.25. The molecule has 2 amide bonds. The van der Waals surface area contributed by atoms with Crippen molar-refractivity contribution < 1.29 is 37.7 Å². The smallest absolute Gasteiger partial charge is 0.388 e. The number of fused-ring (bicyclic) bond motifs is 5. The first-order chi connectivity index (χ1) is 12.5. The highest BCUT2D eigenvalue weighted by molar-refractivity contribution is 6.23. The lowest BCUT2D eigenvalue weighted by molar-refractivity contribution is -0.137. The molecule has 3 aliphatic rings. The molecule has 27 heavy (non-hydrogen) atoms. The summed E-state index contributed by atoms with van der Waals surface area (Å²) in [6.45, 7) is 8.26. The highest BCUT2D eigenvalue weighted by atomic mass is 19.4. The van der Waals surface area contributed by atoms with Crippen LogP contribution in [0.3, 0.4) is 0 Å². The standard InChI is InChI=1S/C17H13F3N2O5/c1-16-10-9(12(27-16)11(23)13(16)24)14(25)22(15(10)26)6-3-4-8(21-2)7(5-6)17(18,19)20/h3-5,9-13,23-24H,1H3/t9-,10-,11+,12?,13+,16?/m0/s1. The molecule has 1 aromatic rings. The lowest BCUT2D eigenvalue weighted by Gasteiger charge is -2.33. The Kier molecular flexibility index (Phi) is 3.50. The van der Waals surface area contributed by atoms with E-state index >= 15 is 0 Å². The fraction of sp³-hybridized carbons (Fsp3) is 0.471. The zero-order chi connectivity index (χ0) is 19.9. The van der Waals surface area contributed by atoms with Crippen LogP contribution in [0.15, 0.2) is 18.2 Å². The molecule has 4 rings (SSSR count). The van der Waals surface area contributed by atoms with Gasteiger partial charge >= 0.3 is 6.18 Å². The average molecular weight is 382 g/mol. The number of alkyl halides is 3. The van der Waals surface area contributed by atoms with Gasteiger partial charge in [-0.25, -0.2) is 9.74 Å². The SMILES string of the molecule is [C-]#[N+]c1ccc(N2C(=O)[C@@H]3C4OC(C)([C@H](O)[C@@H]4O)[C@@H]3C2=O)cc1C(F)(F)F. The number of hydrogen-bond donors (Lipinski definition) is 2. The van der Waals surface area contributed by atoms with Gasteiger partial charge in [-0.15, -0.1) is 0 Å². The molecule has 2 N–H and O–H groups in total. The van der Waals surface area contributed by atoms with E-state index in [4.69, 9.17) is 11.3 Å². The van der Waals surface area contributed by atoms with E-state index in [0.29, 0.717) is 11.0 Å². The van der Waals surface area contributed by atoms with Crippen LogP contribution < -0.4 is 4.90 Å². The van der Waals surface area contributed by atoms with Crippen LogP contribution >= 0.6 is 0 Å². The molecule has 2 bridgehead atoms. The maximum atomic E-state index is 13.2. The zero-order valence-electron chi connectivity index (χ0n) is 13.8. The summed E-state index contributed by atoms with van der Waals surface area (Å²) >= 11 is 0. The minimum atomic E-state index is -4.84. The van der Waals surface area contributed by atoms with Crippen LogP contribution in [-0.4, -0.2) is 45.9 Å². The van der Waals surface area contributed by atoms with Crippen LogP contribution in [0.1, 0.15) is 12.5 Å². The van der Waals surface area contributed by atoms with Gasteiger partial charge in [0.05, 0.1) is 30.1 Å². The van der Waals surface area contributed by atoms with Gasteiger partial charge in [0, 0.05) is 5.69 Å². The number of ether oxygens (including phenoxy) is 1. The summed E-state index contributed by atoms with van der Waals surface area (Å²) in [7, 11) is 0. The molecule has 1 aromatic carbocycles. The molecule has 0 aliphatic carbocycles. The number of amides is 2. The van der Waals surface area contributed by atoms with Crippen molar-refractivity contribution in [2.45, 2.75) is 37.0 Å². The zero-order valence-corrected chi connectivity index (χ0v) is 13.8. The molecule has 142 valence electrons. The maximum Gasteiger partial charge on any atom is 0.407 e. The van der Waals surface area contributed by atoms with E-state index in [1.54, 1.807) is 0 Å². The van der Waals surface area contributed by atoms with Gasteiger partial charge in [-0.1, -0.05) is 6.07 Å². The van der Waals surface area contributed by atoms with Gasteiger partial charge in [0.25, 0.3) is 0 Å². The van der Waals surface area contributed by atoms with Gasteiger partial charge in [0.15, 0.2) is 5.69 Å². The summed E-state index contributed by atoms with van der Waals surface area (Å²) in [6, 6.07) is 2.58. The summed E-state index contributed by atoms with van der Waals surface area (Å²) < 4.78 is 45.1. The van der Waals surface area contributed by atoms with Crippen molar-refractivity contribution in [3.05, 3.63) is 35.2 Å².